The number of ketones is 1. The lowest BCUT2D eigenvalue weighted by molar-refractivity contribution is 0.0927. The number of rotatable bonds is 5. The first-order valence-corrected chi connectivity index (χ1v) is 7.12. The first-order valence-electron chi connectivity index (χ1n) is 7.12. The average molecular weight is 279 g/mol. The lowest BCUT2D eigenvalue weighted by Crippen LogP contribution is -2.40. The van der Waals surface area contributed by atoms with E-state index in [4.69, 9.17) is 0 Å². The van der Waals surface area contributed by atoms with Gasteiger partial charge in [0.1, 0.15) is 5.82 Å². The van der Waals surface area contributed by atoms with Gasteiger partial charge in [0.15, 0.2) is 5.78 Å². The van der Waals surface area contributed by atoms with Gasteiger partial charge in [-0.3, -0.25) is 4.79 Å². The molecular weight excluding hydrogens is 253 g/mol. The number of aryl methyl sites for hydroxylation is 1. The zero-order valence-corrected chi connectivity index (χ0v) is 13.5. The summed E-state index contributed by atoms with van der Waals surface area (Å²) in [6, 6.07) is 5.08. The molecule has 1 unspecified atom stereocenters. The number of hydrogen-bond acceptors (Lipinski definition) is 2. The maximum atomic E-state index is 13.5. The first-order chi connectivity index (χ1) is 9.12. The molecule has 0 amide bonds. The summed E-state index contributed by atoms with van der Waals surface area (Å²) in [5.74, 6) is -0.316. The van der Waals surface area contributed by atoms with Crippen LogP contribution >= 0.6 is 0 Å². The predicted molar refractivity (Wildman–Crippen MR) is 81.6 cm³/mol. The summed E-state index contributed by atoms with van der Waals surface area (Å²) in [5.41, 5.74) is 1.21. The Morgan fingerprint density at radius 3 is 2.45 bits per heavy atom. The van der Waals surface area contributed by atoms with E-state index in [2.05, 4.69) is 32.6 Å². The molecule has 0 heterocycles. The highest BCUT2D eigenvalue weighted by Gasteiger charge is 2.24. The van der Waals surface area contributed by atoms with Crippen LogP contribution in [0, 0.1) is 18.2 Å². The standard InChI is InChI=1S/C17H26FNO/c1-12-7-8-14(11-15(12)18)16(20)9-10-19(6)13(2)17(3,4)5/h7-8,11,13H,9-10H2,1-6H3. The van der Waals surface area contributed by atoms with E-state index in [0.717, 1.165) is 0 Å². The van der Waals surface area contributed by atoms with Gasteiger partial charge in [0.25, 0.3) is 0 Å². The minimum absolute atomic E-state index is 0.00291. The van der Waals surface area contributed by atoms with Gasteiger partial charge in [-0.2, -0.15) is 0 Å². The second kappa shape index (κ2) is 6.49. The molecule has 0 N–H and O–H groups in total. The number of Topliss-reactive ketones (excluding diaryl/α,β-unsaturated/α-hetero) is 1. The minimum atomic E-state index is -0.313. The Morgan fingerprint density at radius 1 is 1.35 bits per heavy atom. The minimum Gasteiger partial charge on any atom is -0.303 e. The van der Waals surface area contributed by atoms with Gasteiger partial charge in [-0.05, 0) is 37.9 Å². The van der Waals surface area contributed by atoms with E-state index in [1.54, 1.807) is 19.1 Å². The van der Waals surface area contributed by atoms with Crippen LogP contribution in [-0.4, -0.2) is 30.3 Å². The van der Waals surface area contributed by atoms with Crippen molar-refractivity contribution in [3.63, 3.8) is 0 Å². The maximum absolute atomic E-state index is 13.5. The van der Waals surface area contributed by atoms with Crippen LogP contribution in [0.1, 0.15) is 50.0 Å². The lowest BCUT2D eigenvalue weighted by Gasteiger charge is -2.35. The Labute approximate surface area is 122 Å². The van der Waals surface area contributed by atoms with E-state index in [1.807, 2.05) is 7.05 Å². The van der Waals surface area contributed by atoms with Crippen LogP contribution in [-0.2, 0) is 0 Å². The van der Waals surface area contributed by atoms with Crippen molar-refractivity contribution in [1.29, 1.82) is 0 Å². The fourth-order valence-corrected chi connectivity index (χ4v) is 2.04. The molecule has 0 spiro atoms. The zero-order valence-electron chi connectivity index (χ0n) is 13.5. The summed E-state index contributed by atoms with van der Waals surface area (Å²) in [6.45, 7) is 11.1. The molecule has 0 radical (unpaired) electrons. The van der Waals surface area contributed by atoms with Crippen LogP contribution < -0.4 is 0 Å². The molecule has 1 rings (SSSR count). The highest BCUT2D eigenvalue weighted by molar-refractivity contribution is 5.96. The molecule has 1 aromatic rings. The van der Waals surface area contributed by atoms with Crippen molar-refractivity contribution in [2.75, 3.05) is 13.6 Å². The van der Waals surface area contributed by atoms with Gasteiger partial charge in [-0.15, -0.1) is 0 Å². The van der Waals surface area contributed by atoms with Gasteiger partial charge in [-0.1, -0.05) is 32.9 Å². The molecule has 0 saturated carbocycles. The van der Waals surface area contributed by atoms with Crippen LogP contribution in [0.5, 0.6) is 0 Å². The Hall–Kier alpha value is -1.22. The van der Waals surface area contributed by atoms with Crippen LogP contribution in [0.25, 0.3) is 0 Å². The van der Waals surface area contributed by atoms with Crippen molar-refractivity contribution < 1.29 is 9.18 Å². The second-order valence-electron chi connectivity index (χ2n) is 6.66. The van der Waals surface area contributed by atoms with Crippen LogP contribution in [0.3, 0.4) is 0 Å². The molecule has 3 heteroatoms. The van der Waals surface area contributed by atoms with E-state index in [-0.39, 0.29) is 17.0 Å². The molecule has 2 nitrogen and oxygen atoms in total. The van der Waals surface area contributed by atoms with Crippen LogP contribution in [0.2, 0.25) is 0 Å². The fraction of sp³-hybridized carbons (Fsp3) is 0.588. The van der Waals surface area contributed by atoms with Gasteiger partial charge in [-0.25, -0.2) is 4.39 Å². The molecule has 112 valence electrons. The number of carbonyl (C=O) groups excluding carboxylic acids is 1. The molecule has 1 atom stereocenters. The molecule has 0 bridgehead atoms. The Morgan fingerprint density at radius 2 is 1.95 bits per heavy atom. The third kappa shape index (κ3) is 4.41. The molecular formula is C17H26FNO. The largest absolute Gasteiger partial charge is 0.303 e. The number of halogens is 1. The summed E-state index contributed by atoms with van der Waals surface area (Å²) < 4.78 is 13.5. The van der Waals surface area contributed by atoms with E-state index in [1.165, 1.54) is 6.07 Å². The zero-order chi connectivity index (χ0) is 15.5. The van der Waals surface area contributed by atoms with Gasteiger partial charge in [0.2, 0.25) is 0 Å². The molecule has 0 aliphatic heterocycles. The van der Waals surface area contributed by atoms with Gasteiger partial charge < -0.3 is 4.90 Å². The quantitative estimate of drug-likeness (QED) is 0.757. The third-order valence-corrected chi connectivity index (χ3v) is 4.10. The number of carbonyl (C=O) groups is 1. The van der Waals surface area contributed by atoms with E-state index < -0.39 is 0 Å². The summed E-state index contributed by atoms with van der Waals surface area (Å²) in [6.07, 6.45) is 0.416. The monoisotopic (exact) mass is 279 g/mol. The van der Waals surface area contributed by atoms with Crippen molar-refractivity contribution >= 4 is 5.78 Å². The Kier molecular flexibility index (Phi) is 5.46. The Balaban J connectivity index is 2.61. The molecule has 0 aromatic heterocycles. The van der Waals surface area contributed by atoms with Gasteiger partial charge in [0, 0.05) is 24.6 Å². The number of benzene rings is 1. The Bertz CT molecular complexity index is 476. The SMILES string of the molecule is Cc1ccc(C(=O)CCN(C)C(C)C(C)(C)C)cc1F. The predicted octanol–water partition coefficient (Wildman–Crippen LogP) is 4.07. The van der Waals surface area contributed by atoms with Crippen molar-refractivity contribution in [2.24, 2.45) is 5.41 Å². The second-order valence-corrected chi connectivity index (χ2v) is 6.66. The van der Waals surface area contributed by atoms with Crippen molar-refractivity contribution in [1.82, 2.24) is 4.90 Å². The molecule has 0 aliphatic carbocycles. The summed E-state index contributed by atoms with van der Waals surface area (Å²) in [4.78, 5) is 14.3. The lowest BCUT2D eigenvalue weighted by atomic mass is 9.87. The van der Waals surface area contributed by atoms with Crippen LogP contribution in [0.4, 0.5) is 4.39 Å². The molecule has 1 aromatic carbocycles. The van der Waals surface area contributed by atoms with Gasteiger partial charge >= 0.3 is 0 Å². The third-order valence-electron chi connectivity index (χ3n) is 4.10. The first kappa shape index (κ1) is 16.8. The van der Waals surface area contributed by atoms with E-state index >= 15 is 0 Å². The number of hydrogen-bond donors (Lipinski definition) is 0. The highest BCUT2D eigenvalue weighted by atomic mass is 19.1. The van der Waals surface area contributed by atoms with Gasteiger partial charge in [0.05, 0.1) is 0 Å². The highest BCUT2D eigenvalue weighted by Crippen LogP contribution is 2.23. The van der Waals surface area contributed by atoms with E-state index in [0.29, 0.717) is 30.1 Å². The molecule has 0 saturated heterocycles. The van der Waals surface area contributed by atoms with Crippen molar-refractivity contribution in [3.8, 4) is 0 Å². The summed E-state index contributed by atoms with van der Waals surface area (Å²) >= 11 is 0. The number of nitrogens with zero attached hydrogens (tertiary/aromatic N) is 1. The molecule has 0 aliphatic rings. The van der Waals surface area contributed by atoms with Crippen molar-refractivity contribution in [2.45, 2.75) is 47.1 Å². The fourth-order valence-electron chi connectivity index (χ4n) is 2.04. The smallest absolute Gasteiger partial charge is 0.164 e. The molecule has 20 heavy (non-hydrogen) atoms. The summed E-state index contributed by atoms with van der Waals surface area (Å²) in [7, 11) is 2.03. The topological polar surface area (TPSA) is 20.3 Å². The van der Waals surface area contributed by atoms with E-state index in [9.17, 15) is 9.18 Å². The average Bonchev–Trinajstić information content (AvgIpc) is 2.36. The summed E-state index contributed by atoms with van der Waals surface area (Å²) in [5, 5.41) is 0. The normalized spacial score (nSPS) is 13.6. The van der Waals surface area contributed by atoms with Crippen LogP contribution in [0.15, 0.2) is 18.2 Å². The van der Waals surface area contributed by atoms with Crippen molar-refractivity contribution in [3.05, 3.63) is 35.1 Å². The maximum Gasteiger partial charge on any atom is 0.164 e. The molecule has 0 fully saturated rings.